The van der Waals surface area contributed by atoms with E-state index in [-0.39, 0.29) is 10.8 Å². The summed E-state index contributed by atoms with van der Waals surface area (Å²) in [6, 6.07) is 10.7. The maximum absolute atomic E-state index is 12.8. The molecule has 0 atom stereocenters. The Morgan fingerprint density at radius 2 is 1.77 bits per heavy atom. The molecule has 1 amide bonds. The van der Waals surface area contributed by atoms with Crippen LogP contribution in [0.3, 0.4) is 0 Å². The maximum atomic E-state index is 12.8. The van der Waals surface area contributed by atoms with E-state index in [9.17, 15) is 13.2 Å². The lowest BCUT2D eigenvalue weighted by atomic mass is 10.1. The predicted octanol–water partition coefficient (Wildman–Crippen LogP) is 3.36. The summed E-state index contributed by atoms with van der Waals surface area (Å²) in [5, 5.41) is 2.84. The summed E-state index contributed by atoms with van der Waals surface area (Å²) in [6.07, 6.45) is 3.68. The molecule has 0 unspecified atom stereocenters. The van der Waals surface area contributed by atoms with Crippen LogP contribution >= 0.6 is 0 Å². The molecule has 158 valence electrons. The molecule has 1 N–H and O–H groups in total. The lowest BCUT2D eigenvalue weighted by Crippen LogP contribution is -2.24. The number of rotatable bonds is 6. The third kappa shape index (κ3) is 4.44. The van der Waals surface area contributed by atoms with Crippen molar-refractivity contribution in [1.29, 1.82) is 0 Å². The van der Waals surface area contributed by atoms with Gasteiger partial charge in [-0.3, -0.25) is 4.79 Å². The van der Waals surface area contributed by atoms with Crippen LogP contribution in [0.4, 0.5) is 5.69 Å². The minimum atomic E-state index is -3.65. The third-order valence-corrected chi connectivity index (χ3v) is 7.07. The van der Waals surface area contributed by atoms with Gasteiger partial charge in [0.05, 0.1) is 4.90 Å². The highest BCUT2D eigenvalue weighted by molar-refractivity contribution is 7.89. The summed E-state index contributed by atoms with van der Waals surface area (Å²) >= 11 is 0. The first-order valence-corrected chi connectivity index (χ1v) is 11.0. The molecule has 30 heavy (non-hydrogen) atoms. The Hall–Kier alpha value is -2.97. The molecule has 0 saturated heterocycles. The Balaban J connectivity index is 1.81. The topological polar surface area (TPSA) is 84.3 Å². The van der Waals surface area contributed by atoms with E-state index in [1.165, 1.54) is 20.2 Å². The molecule has 0 aliphatic carbocycles. The van der Waals surface area contributed by atoms with E-state index < -0.39 is 10.0 Å². The Kier molecular flexibility index (Phi) is 6.09. The number of carbonyl (C=O) groups excluding carboxylic acids is 1. The van der Waals surface area contributed by atoms with Crippen LogP contribution in [0.2, 0.25) is 0 Å². The van der Waals surface area contributed by atoms with Crippen molar-refractivity contribution in [2.75, 3.05) is 19.4 Å². The largest absolute Gasteiger partial charge is 0.331 e. The zero-order valence-corrected chi connectivity index (χ0v) is 18.6. The fraction of sp³-hybridized carbons (Fsp3) is 0.273. The minimum Gasteiger partial charge on any atom is -0.331 e. The number of nitrogens with zero attached hydrogens (tertiary/aromatic N) is 3. The number of sulfonamides is 1. The van der Waals surface area contributed by atoms with Gasteiger partial charge >= 0.3 is 0 Å². The molecule has 8 heteroatoms. The van der Waals surface area contributed by atoms with Crippen molar-refractivity contribution in [3.8, 4) is 0 Å². The smallest absolute Gasteiger partial charge is 0.255 e. The molecule has 7 nitrogen and oxygen atoms in total. The number of nitrogens with one attached hydrogen (secondary N) is 1. The molecule has 0 fully saturated rings. The Morgan fingerprint density at radius 3 is 2.33 bits per heavy atom. The number of benzene rings is 2. The summed E-state index contributed by atoms with van der Waals surface area (Å²) in [5.74, 6) is 0.581. The van der Waals surface area contributed by atoms with Crippen LogP contribution in [0.15, 0.2) is 53.7 Å². The van der Waals surface area contributed by atoms with Crippen LogP contribution in [-0.2, 0) is 16.6 Å². The van der Waals surface area contributed by atoms with Gasteiger partial charge in [0.15, 0.2) is 0 Å². The van der Waals surface area contributed by atoms with Gasteiger partial charge < -0.3 is 9.88 Å². The minimum absolute atomic E-state index is 0.142. The Bertz CT molecular complexity index is 1180. The number of hydrogen-bond donors (Lipinski definition) is 1. The average Bonchev–Trinajstić information content (AvgIpc) is 3.09. The monoisotopic (exact) mass is 426 g/mol. The summed E-state index contributed by atoms with van der Waals surface area (Å²) in [4.78, 5) is 17.1. The molecule has 1 heterocycles. The standard InChI is InChI=1S/C22H26N4O3S/c1-15-12-19(13-21(16(15)2)30(28,29)25(4)5)22(27)24-20-8-6-18(7-9-20)14-26-11-10-23-17(26)3/h6-13H,14H2,1-5H3,(H,24,27). The van der Waals surface area contributed by atoms with E-state index in [0.717, 1.165) is 21.3 Å². The van der Waals surface area contributed by atoms with Gasteiger partial charge in [0, 0.05) is 44.3 Å². The number of hydrogen-bond acceptors (Lipinski definition) is 4. The molecular weight excluding hydrogens is 400 g/mol. The fourth-order valence-electron chi connectivity index (χ4n) is 3.09. The van der Waals surface area contributed by atoms with Crippen molar-refractivity contribution in [3.63, 3.8) is 0 Å². The normalized spacial score (nSPS) is 11.7. The van der Waals surface area contributed by atoms with Gasteiger partial charge in [-0.15, -0.1) is 0 Å². The van der Waals surface area contributed by atoms with Gasteiger partial charge in [0.1, 0.15) is 5.82 Å². The van der Waals surface area contributed by atoms with Crippen LogP contribution in [0.5, 0.6) is 0 Å². The average molecular weight is 427 g/mol. The van der Waals surface area contributed by atoms with Crippen molar-refractivity contribution in [3.05, 3.63) is 76.9 Å². The molecular formula is C22H26N4O3S. The van der Waals surface area contributed by atoms with Crippen molar-refractivity contribution >= 4 is 21.6 Å². The lowest BCUT2D eigenvalue weighted by Gasteiger charge is -2.16. The van der Waals surface area contributed by atoms with Gasteiger partial charge in [0.2, 0.25) is 10.0 Å². The highest BCUT2D eigenvalue weighted by Crippen LogP contribution is 2.24. The second-order valence-corrected chi connectivity index (χ2v) is 9.58. The summed E-state index contributed by atoms with van der Waals surface area (Å²) < 4.78 is 28.4. The highest BCUT2D eigenvalue weighted by Gasteiger charge is 2.23. The molecule has 0 radical (unpaired) electrons. The van der Waals surface area contributed by atoms with E-state index in [4.69, 9.17) is 0 Å². The zero-order valence-electron chi connectivity index (χ0n) is 17.8. The number of imidazole rings is 1. The van der Waals surface area contributed by atoms with Crippen LogP contribution in [-0.4, -0.2) is 42.3 Å². The molecule has 3 aromatic rings. The molecule has 3 rings (SSSR count). The van der Waals surface area contributed by atoms with Crippen molar-refractivity contribution in [2.45, 2.75) is 32.2 Å². The van der Waals surface area contributed by atoms with Crippen LogP contribution < -0.4 is 5.32 Å². The molecule has 2 aromatic carbocycles. The van der Waals surface area contributed by atoms with Gasteiger partial charge in [-0.25, -0.2) is 17.7 Å². The molecule has 0 aliphatic heterocycles. The Morgan fingerprint density at radius 1 is 1.10 bits per heavy atom. The number of carbonyl (C=O) groups is 1. The Labute approximate surface area is 177 Å². The van der Waals surface area contributed by atoms with Gasteiger partial charge in [-0.1, -0.05) is 12.1 Å². The van der Waals surface area contributed by atoms with E-state index in [0.29, 0.717) is 23.4 Å². The number of anilines is 1. The van der Waals surface area contributed by atoms with Gasteiger partial charge in [-0.2, -0.15) is 0 Å². The second kappa shape index (κ2) is 8.41. The first-order valence-electron chi connectivity index (χ1n) is 9.51. The first kappa shape index (κ1) is 21.7. The zero-order chi connectivity index (χ0) is 22.1. The quantitative estimate of drug-likeness (QED) is 0.655. The third-order valence-electron chi connectivity index (χ3n) is 5.13. The van der Waals surface area contributed by atoms with Crippen LogP contribution in [0, 0.1) is 20.8 Å². The van der Waals surface area contributed by atoms with E-state index in [1.54, 1.807) is 26.1 Å². The van der Waals surface area contributed by atoms with E-state index in [1.807, 2.05) is 42.0 Å². The maximum Gasteiger partial charge on any atom is 0.255 e. The molecule has 0 saturated carbocycles. The predicted molar refractivity (Wildman–Crippen MR) is 117 cm³/mol. The molecule has 0 bridgehead atoms. The highest BCUT2D eigenvalue weighted by atomic mass is 32.2. The summed E-state index contributed by atoms with van der Waals surface area (Å²) in [5.41, 5.74) is 3.41. The fourth-order valence-corrected chi connectivity index (χ4v) is 4.30. The van der Waals surface area contributed by atoms with Crippen LogP contribution in [0.25, 0.3) is 0 Å². The SMILES string of the molecule is Cc1cc(C(=O)Nc2ccc(Cn3ccnc3C)cc2)cc(S(=O)(=O)N(C)C)c1C. The first-order chi connectivity index (χ1) is 14.1. The number of aryl methyl sites for hydroxylation is 2. The lowest BCUT2D eigenvalue weighted by molar-refractivity contribution is 0.102. The molecule has 0 aliphatic rings. The van der Waals surface area contributed by atoms with E-state index in [2.05, 4.69) is 10.3 Å². The molecule has 0 spiro atoms. The summed E-state index contributed by atoms with van der Waals surface area (Å²) in [7, 11) is -0.695. The molecule has 1 aromatic heterocycles. The summed E-state index contributed by atoms with van der Waals surface area (Å²) in [6.45, 7) is 6.19. The van der Waals surface area contributed by atoms with Crippen LogP contribution in [0.1, 0.15) is 32.9 Å². The number of amides is 1. The number of aromatic nitrogens is 2. The van der Waals surface area contributed by atoms with E-state index >= 15 is 0 Å². The second-order valence-electron chi connectivity index (χ2n) is 7.46. The van der Waals surface area contributed by atoms with Crippen molar-refractivity contribution in [2.24, 2.45) is 0 Å². The van der Waals surface area contributed by atoms with Gasteiger partial charge in [0.25, 0.3) is 5.91 Å². The van der Waals surface area contributed by atoms with Gasteiger partial charge in [-0.05, 0) is 61.7 Å². The van der Waals surface area contributed by atoms with Crippen molar-refractivity contribution in [1.82, 2.24) is 13.9 Å². The van der Waals surface area contributed by atoms with Crippen molar-refractivity contribution < 1.29 is 13.2 Å².